The van der Waals surface area contributed by atoms with Gasteiger partial charge in [-0.2, -0.15) is 0 Å². The fraction of sp³-hybridized carbons (Fsp3) is 0.471. The lowest BCUT2D eigenvalue weighted by Gasteiger charge is -2.35. The lowest BCUT2D eigenvalue weighted by Crippen LogP contribution is -2.43. The largest absolute Gasteiger partial charge is 0.459 e. The van der Waals surface area contributed by atoms with Crippen LogP contribution in [0.25, 0.3) is 10.9 Å². The minimum atomic E-state index is -0.193. The predicted octanol–water partition coefficient (Wildman–Crippen LogP) is 3.37. The molecule has 2 bridgehead atoms. The summed E-state index contributed by atoms with van der Waals surface area (Å²) in [6.45, 7) is 0. The van der Waals surface area contributed by atoms with Crippen molar-refractivity contribution in [3.8, 4) is 0 Å². The standard InChI is InChI=1S/C17H20N2O2.ClH/c1-19-11-6-7-12(19)9-13(8-11)21-17(20)15-10-18-16-5-3-2-4-14(15)16;/h2-5,10-13,18H,6-9H2,1H3;1H/t11-,12?,13?;/m0./s1. The Kier molecular flexibility index (Phi) is 4.15. The number of hydrogen-bond donors (Lipinski definition) is 1. The highest BCUT2D eigenvalue weighted by Gasteiger charge is 2.40. The number of carbonyl (C=O) groups is 1. The fourth-order valence-corrected chi connectivity index (χ4v) is 3.91. The van der Waals surface area contributed by atoms with Crippen LogP contribution in [-0.2, 0) is 4.74 Å². The summed E-state index contributed by atoms with van der Waals surface area (Å²) in [6.07, 6.45) is 6.25. The monoisotopic (exact) mass is 320 g/mol. The number of carbonyl (C=O) groups excluding carboxylic acids is 1. The van der Waals surface area contributed by atoms with Gasteiger partial charge in [0, 0.05) is 42.0 Å². The zero-order chi connectivity index (χ0) is 14.4. The second kappa shape index (κ2) is 5.94. The molecule has 2 aliphatic rings. The van der Waals surface area contributed by atoms with Crippen LogP contribution >= 0.6 is 12.4 Å². The Morgan fingerprint density at radius 2 is 1.91 bits per heavy atom. The summed E-state index contributed by atoms with van der Waals surface area (Å²) < 4.78 is 5.79. The number of nitrogens with one attached hydrogen (secondary N) is 1. The lowest BCUT2D eigenvalue weighted by atomic mass is 10.0. The number of para-hydroxylation sites is 1. The van der Waals surface area contributed by atoms with Crippen molar-refractivity contribution < 1.29 is 9.53 Å². The minimum absolute atomic E-state index is 0. The van der Waals surface area contributed by atoms with Crippen LogP contribution in [0.1, 0.15) is 36.0 Å². The zero-order valence-electron chi connectivity index (χ0n) is 12.6. The van der Waals surface area contributed by atoms with Crippen molar-refractivity contribution in [1.29, 1.82) is 0 Å². The van der Waals surface area contributed by atoms with Crippen molar-refractivity contribution in [3.63, 3.8) is 0 Å². The van der Waals surface area contributed by atoms with E-state index in [9.17, 15) is 4.79 Å². The molecule has 1 N–H and O–H groups in total. The van der Waals surface area contributed by atoms with Crippen LogP contribution in [0.2, 0.25) is 0 Å². The Hall–Kier alpha value is -1.52. The summed E-state index contributed by atoms with van der Waals surface area (Å²) in [5.74, 6) is -0.193. The molecular formula is C17H21ClN2O2. The van der Waals surface area contributed by atoms with E-state index in [0.29, 0.717) is 17.6 Å². The number of rotatable bonds is 2. The highest BCUT2D eigenvalue weighted by molar-refractivity contribution is 6.04. The van der Waals surface area contributed by atoms with E-state index in [1.54, 1.807) is 6.20 Å². The second-order valence-electron chi connectivity index (χ2n) is 6.30. The molecule has 2 unspecified atom stereocenters. The van der Waals surface area contributed by atoms with Gasteiger partial charge < -0.3 is 14.6 Å². The van der Waals surface area contributed by atoms with Crippen LogP contribution in [0.5, 0.6) is 0 Å². The molecule has 2 fully saturated rings. The Morgan fingerprint density at radius 3 is 2.64 bits per heavy atom. The molecule has 118 valence electrons. The molecular weight excluding hydrogens is 300 g/mol. The Labute approximate surface area is 136 Å². The summed E-state index contributed by atoms with van der Waals surface area (Å²) in [5.41, 5.74) is 1.63. The van der Waals surface area contributed by atoms with Gasteiger partial charge in [0.1, 0.15) is 6.10 Å². The highest BCUT2D eigenvalue weighted by Crippen LogP contribution is 2.35. The van der Waals surface area contributed by atoms with Gasteiger partial charge in [0.25, 0.3) is 0 Å². The van der Waals surface area contributed by atoms with Crippen molar-refractivity contribution >= 4 is 29.3 Å². The Morgan fingerprint density at radius 1 is 1.23 bits per heavy atom. The normalized spacial score (nSPS) is 27.6. The van der Waals surface area contributed by atoms with E-state index in [-0.39, 0.29) is 24.5 Å². The smallest absolute Gasteiger partial charge is 0.340 e. The van der Waals surface area contributed by atoms with Crippen LogP contribution in [-0.4, -0.2) is 41.1 Å². The number of halogens is 1. The maximum atomic E-state index is 12.4. The molecule has 2 aromatic rings. The maximum Gasteiger partial charge on any atom is 0.340 e. The number of aromatic nitrogens is 1. The third kappa shape index (κ3) is 2.50. The number of esters is 1. The van der Waals surface area contributed by atoms with E-state index >= 15 is 0 Å². The van der Waals surface area contributed by atoms with Gasteiger partial charge in [-0.1, -0.05) is 18.2 Å². The second-order valence-corrected chi connectivity index (χ2v) is 6.30. The van der Waals surface area contributed by atoms with Crippen molar-refractivity contribution in [1.82, 2.24) is 9.88 Å². The Balaban J connectivity index is 0.00000144. The van der Waals surface area contributed by atoms with Gasteiger partial charge in [0.15, 0.2) is 0 Å². The topological polar surface area (TPSA) is 45.3 Å². The van der Waals surface area contributed by atoms with Gasteiger partial charge in [0.2, 0.25) is 0 Å². The van der Waals surface area contributed by atoms with Crippen LogP contribution < -0.4 is 0 Å². The molecule has 3 heterocycles. The minimum Gasteiger partial charge on any atom is -0.459 e. The van der Waals surface area contributed by atoms with E-state index in [1.165, 1.54) is 12.8 Å². The number of ether oxygens (including phenoxy) is 1. The molecule has 0 spiro atoms. The van der Waals surface area contributed by atoms with Crippen molar-refractivity contribution in [2.45, 2.75) is 43.9 Å². The molecule has 2 saturated heterocycles. The first-order chi connectivity index (χ1) is 10.2. The molecule has 0 saturated carbocycles. The number of piperidine rings is 1. The quantitative estimate of drug-likeness (QED) is 0.863. The summed E-state index contributed by atoms with van der Waals surface area (Å²) >= 11 is 0. The summed E-state index contributed by atoms with van der Waals surface area (Å²) in [5, 5.41) is 0.943. The van der Waals surface area contributed by atoms with Crippen molar-refractivity contribution in [2.75, 3.05) is 7.05 Å². The summed E-state index contributed by atoms with van der Waals surface area (Å²) in [6, 6.07) is 9.02. The molecule has 0 amide bonds. The SMILES string of the molecule is CN1C2CC[C@H]1CC(OC(=O)c1c[nH]c3ccccc13)C2.Cl. The average molecular weight is 321 g/mol. The number of nitrogens with zero attached hydrogens (tertiary/aromatic N) is 1. The maximum absolute atomic E-state index is 12.4. The zero-order valence-corrected chi connectivity index (χ0v) is 13.4. The van der Waals surface area contributed by atoms with Crippen LogP contribution in [0, 0.1) is 0 Å². The summed E-state index contributed by atoms with van der Waals surface area (Å²) in [4.78, 5) is 18.0. The summed E-state index contributed by atoms with van der Waals surface area (Å²) in [7, 11) is 2.19. The molecule has 0 radical (unpaired) electrons. The first-order valence-corrected chi connectivity index (χ1v) is 7.71. The number of hydrogen-bond acceptors (Lipinski definition) is 3. The van der Waals surface area contributed by atoms with Crippen LogP contribution in [0.15, 0.2) is 30.5 Å². The number of benzene rings is 1. The van der Waals surface area contributed by atoms with Crippen LogP contribution in [0.3, 0.4) is 0 Å². The van der Waals surface area contributed by atoms with E-state index in [0.717, 1.165) is 23.7 Å². The van der Waals surface area contributed by atoms with Gasteiger partial charge >= 0.3 is 5.97 Å². The average Bonchev–Trinajstić information content (AvgIpc) is 2.98. The first-order valence-electron chi connectivity index (χ1n) is 7.71. The van der Waals surface area contributed by atoms with Gasteiger partial charge in [0.05, 0.1) is 5.56 Å². The van der Waals surface area contributed by atoms with E-state index in [4.69, 9.17) is 4.74 Å². The highest BCUT2D eigenvalue weighted by atomic mass is 35.5. The molecule has 2 aliphatic heterocycles. The van der Waals surface area contributed by atoms with Gasteiger partial charge in [-0.3, -0.25) is 0 Å². The van der Waals surface area contributed by atoms with Gasteiger partial charge in [-0.25, -0.2) is 4.79 Å². The van der Waals surface area contributed by atoms with E-state index in [1.807, 2.05) is 24.3 Å². The predicted molar refractivity (Wildman–Crippen MR) is 88.6 cm³/mol. The van der Waals surface area contributed by atoms with Gasteiger partial charge in [-0.05, 0) is 26.0 Å². The molecule has 1 aromatic carbocycles. The third-order valence-corrected chi connectivity index (χ3v) is 5.14. The number of aromatic amines is 1. The number of H-pyrrole nitrogens is 1. The third-order valence-electron chi connectivity index (χ3n) is 5.14. The first kappa shape index (κ1) is 15.4. The molecule has 22 heavy (non-hydrogen) atoms. The molecule has 3 atom stereocenters. The van der Waals surface area contributed by atoms with E-state index in [2.05, 4.69) is 16.9 Å². The van der Waals surface area contributed by atoms with Crippen LogP contribution in [0.4, 0.5) is 0 Å². The van der Waals surface area contributed by atoms with Gasteiger partial charge in [-0.15, -0.1) is 12.4 Å². The molecule has 0 aliphatic carbocycles. The number of fused-ring (bicyclic) bond motifs is 3. The molecule has 1 aromatic heterocycles. The molecule has 4 nitrogen and oxygen atoms in total. The van der Waals surface area contributed by atoms with E-state index < -0.39 is 0 Å². The van der Waals surface area contributed by atoms with Crippen molar-refractivity contribution in [2.24, 2.45) is 0 Å². The molecule has 5 heteroatoms. The lowest BCUT2D eigenvalue weighted by molar-refractivity contribution is -0.000258. The Bertz CT molecular complexity index is 670. The fourth-order valence-electron chi connectivity index (χ4n) is 3.91. The van der Waals surface area contributed by atoms with Crippen molar-refractivity contribution in [3.05, 3.63) is 36.0 Å². The molecule has 4 rings (SSSR count).